The maximum absolute atomic E-state index is 11.8. The van der Waals surface area contributed by atoms with E-state index in [1.54, 1.807) is 7.11 Å². The number of ether oxygens (including phenoxy) is 1. The smallest absolute Gasteiger partial charge is 0.220 e. The largest absolute Gasteiger partial charge is 0.383 e. The summed E-state index contributed by atoms with van der Waals surface area (Å²) in [7, 11) is 1.71. The number of hydrogen-bond acceptors (Lipinski definition) is 3. The van der Waals surface area contributed by atoms with Gasteiger partial charge in [0, 0.05) is 20.1 Å². The summed E-state index contributed by atoms with van der Waals surface area (Å²) in [6.07, 6.45) is 2.78. The SMILES string of the molecule is COCC1(CNC(=O)CC(C)(C)C)CCCN1.Cl. The van der Waals surface area contributed by atoms with E-state index in [0.717, 1.165) is 19.4 Å². The maximum Gasteiger partial charge on any atom is 0.220 e. The van der Waals surface area contributed by atoms with Gasteiger partial charge in [-0.1, -0.05) is 20.8 Å². The Morgan fingerprint density at radius 2 is 2.11 bits per heavy atom. The molecule has 4 nitrogen and oxygen atoms in total. The highest BCUT2D eigenvalue weighted by Crippen LogP contribution is 2.20. The van der Waals surface area contributed by atoms with Crippen molar-refractivity contribution in [1.82, 2.24) is 10.6 Å². The van der Waals surface area contributed by atoms with Crippen LogP contribution in [0.2, 0.25) is 0 Å². The second-order valence-corrected chi connectivity index (χ2v) is 6.26. The Hall–Kier alpha value is -0.320. The zero-order valence-electron chi connectivity index (χ0n) is 12.0. The van der Waals surface area contributed by atoms with Crippen molar-refractivity contribution in [3.8, 4) is 0 Å². The number of rotatable bonds is 5. The van der Waals surface area contributed by atoms with E-state index in [4.69, 9.17) is 4.74 Å². The van der Waals surface area contributed by atoms with Crippen LogP contribution in [0.25, 0.3) is 0 Å². The van der Waals surface area contributed by atoms with Crippen LogP contribution in [0.3, 0.4) is 0 Å². The predicted molar refractivity (Wildman–Crippen MR) is 76.2 cm³/mol. The van der Waals surface area contributed by atoms with Crippen LogP contribution >= 0.6 is 12.4 Å². The molecule has 1 aliphatic heterocycles. The van der Waals surface area contributed by atoms with Crippen LogP contribution in [0.15, 0.2) is 0 Å². The third kappa shape index (κ3) is 6.03. The molecule has 0 aliphatic carbocycles. The van der Waals surface area contributed by atoms with Gasteiger partial charge in [-0.25, -0.2) is 0 Å². The minimum absolute atomic E-state index is 0. The van der Waals surface area contributed by atoms with Gasteiger partial charge < -0.3 is 15.4 Å². The standard InChI is InChI=1S/C13H26N2O2.ClH/c1-12(2,3)8-11(16)14-9-13(10-17-4)6-5-7-15-13;/h15H,5-10H2,1-4H3,(H,14,16);1H. The van der Waals surface area contributed by atoms with Crippen molar-refractivity contribution < 1.29 is 9.53 Å². The molecular weight excluding hydrogens is 252 g/mol. The van der Waals surface area contributed by atoms with Gasteiger partial charge in [0.2, 0.25) is 5.91 Å². The van der Waals surface area contributed by atoms with Crippen molar-refractivity contribution in [2.45, 2.75) is 45.6 Å². The van der Waals surface area contributed by atoms with Crippen LogP contribution in [-0.2, 0) is 9.53 Å². The number of nitrogens with one attached hydrogen (secondary N) is 2. The first-order valence-corrected chi connectivity index (χ1v) is 6.38. The van der Waals surface area contributed by atoms with Crippen LogP contribution in [-0.4, -0.2) is 38.3 Å². The van der Waals surface area contributed by atoms with Gasteiger partial charge in [0.05, 0.1) is 12.1 Å². The topological polar surface area (TPSA) is 50.4 Å². The van der Waals surface area contributed by atoms with Crippen molar-refractivity contribution in [2.75, 3.05) is 26.8 Å². The summed E-state index contributed by atoms with van der Waals surface area (Å²) in [4.78, 5) is 11.8. The lowest BCUT2D eigenvalue weighted by Gasteiger charge is -2.29. The third-order valence-corrected chi connectivity index (χ3v) is 3.07. The molecule has 0 radical (unpaired) electrons. The van der Waals surface area contributed by atoms with Gasteiger partial charge in [0.15, 0.2) is 0 Å². The average molecular weight is 279 g/mol. The van der Waals surface area contributed by atoms with Gasteiger partial charge in [-0.05, 0) is 24.8 Å². The highest BCUT2D eigenvalue weighted by atomic mass is 35.5. The molecule has 0 spiro atoms. The molecule has 1 atom stereocenters. The van der Waals surface area contributed by atoms with E-state index in [9.17, 15) is 4.79 Å². The van der Waals surface area contributed by atoms with Crippen molar-refractivity contribution in [3.63, 3.8) is 0 Å². The highest BCUT2D eigenvalue weighted by molar-refractivity contribution is 5.85. The van der Waals surface area contributed by atoms with Crippen LogP contribution in [0.4, 0.5) is 0 Å². The number of carbonyl (C=O) groups is 1. The Morgan fingerprint density at radius 3 is 2.56 bits per heavy atom. The molecule has 1 aliphatic rings. The molecule has 18 heavy (non-hydrogen) atoms. The summed E-state index contributed by atoms with van der Waals surface area (Å²) < 4.78 is 5.25. The molecule has 108 valence electrons. The van der Waals surface area contributed by atoms with E-state index in [-0.39, 0.29) is 29.3 Å². The molecule has 0 saturated carbocycles. The van der Waals surface area contributed by atoms with Crippen LogP contribution in [0.5, 0.6) is 0 Å². The molecule has 0 aromatic rings. The van der Waals surface area contributed by atoms with Gasteiger partial charge in [0.1, 0.15) is 0 Å². The minimum atomic E-state index is -0.0533. The quantitative estimate of drug-likeness (QED) is 0.805. The van der Waals surface area contributed by atoms with Gasteiger partial charge in [-0.15, -0.1) is 12.4 Å². The van der Waals surface area contributed by atoms with Crippen molar-refractivity contribution >= 4 is 18.3 Å². The fraction of sp³-hybridized carbons (Fsp3) is 0.923. The summed E-state index contributed by atoms with van der Waals surface area (Å²) >= 11 is 0. The van der Waals surface area contributed by atoms with Gasteiger partial charge in [-0.3, -0.25) is 4.79 Å². The molecule has 5 heteroatoms. The molecular formula is C13H27ClN2O2. The molecule has 0 aromatic heterocycles. The second kappa shape index (κ2) is 7.31. The fourth-order valence-corrected chi connectivity index (χ4v) is 2.28. The summed E-state index contributed by atoms with van der Waals surface area (Å²) in [5.74, 6) is 0.127. The molecule has 1 heterocycles. The first-order chi connectivity index (χ1) is 7.87. The molecule has 1 amide bonds. The summed E-state index contributed by atoms with van der Waals surface area (Å²) in [6.45, 7) is 8.55. The normalized spacial score (nSPS) is 23.6. The Morgan fingerprint density at radius 1 is 1.44 bits per heavy atom. The Bertz CT molecular complexity index is 258. The first-order valence-electron chi connectivity index (χ1n) is 6.38. The zero-order chi connectivity index (χ0) is 12.9. The minimum Gasteiger partial charge on any atom is -0.383 e. The Balaban J connectivity index is 0.00000289. The number of amides is 1. The monoisotopic (exact) mass is 278 g/mol. The number of hydrogen-bond donors (Lipinski definition) is 2. The van der Waals surface area contributed by atoms with Crippen LogP contribution in [0.1, 0.15) is 40.0 Å². The van der Waals surface area contributed by atoms with E-state index in [1.807, 2.05) is 0 Å². The number of methoxy groups -OCH3 is 1. The van der Waals surface area contributed by atoms with Crippen LogP contribution < -0.4 is 10.6 Å². The lowest BCUT2D eigenvalue weighted by Crippen LogP contribution is -2.53. The molecule has 1 rings (SSSR count). The van der Waals surface area contributed by atoms with E-state index >= 15 is 0 Å². The van der Waals surface area contributed by atoms with Gasteiger partial charge in [0.25, 0.3) is 0 Å². The van der Waals surface area contributed by atoms with Gasteiger partial charge in [-0.2, -0.15) is 0 Å². The molecule has 2 N–H and O–H groups in total. The zero-order valence-corrected chi connectivity index (χ0v) is 12.8. The van der Waals surface area contributed by atoms with E-state index in [2.05, 4.69) is 31.4 Å². The van der Waals surface area contributed by atoms with Gasteiger partial charge >= 0.3 is 0 Å². The molecule has 1 fully saturated rings. The average Bonchev–Trinajstić information content (AvgIpc) is 2.62. The molecule has 0 aromatic carbocycles. The Kier molecular flexibility index (Phi) is 7.18. The first kappa shape index (κ1) is 17.7. The predicted octanol–water partition coefficient (Wildman–Crippen LogP) is 1.73. The summed E-state index contributed by atoms with van der Waals surface area (Å²) in [5, 5.41) is 6.47. The van der Waals surface area contributed by atoms with E-state index in [1.165, 1.54) is 0 Å². The molecule has 0 bridgehead atoms. The highest BCUT2D eigenvalue weighted by Gasteiger charge is 2.33. The lowest BCUT2D eigenvalue weighted by atomic mass is 9.91. The van der Waals surface area contributed by atoms with Crippen LogP contribution in [0, 0.1) is 5.41 Å². The number of halogens is 1. The lowest BCUT2D eigenvalue weighted by molar-refractivity contribution is -0.123. The fourth-order valence-electron chi connectivity index (χ4n) is 2.28. The second-order valence-electron chi connectivity index (χ2n) is 6.26. The van der Waals surface area contributed by atoms with E-state index in [0.29, 0.717) is 19.6 Å². The molecule has 1 saturated heterocycles. The summed E-state index contributed by atoms with van der Waals surface area (Å²) in [5.41, 5.74) is -0.0100. The van der Waals surface area contributed by atoms with Crippen molar-refractivity contribution in [3.05, 3.63) is 0 Å². The van der Waals surface area contributed by atoms with E-state index < -0.39 is 0 Å². The van der Waals surface area contributed by atoms with Crippen molar-refractivity contribution in [1.29, 1.82) is 0 Å². The van der Waals surface area contributed by atoms with Crippen molar-refractivity contribution in [2.24, 2.45) is 5.41 Å². The number of carbonyl (C=O) groups excluding carboxylic acids is 1. The Labute approximate surface area is 117 Å². The third-order valence-electron chi connectivity index (χ3n) is 3.07. The maximum atomic E-state index is 11.8. The molecule has 1 unspecified atom stereocenters. The summed E-state index contributed by atoms with van der Waals surface area (Å²) in [6, 6.07) is 0.